The van der Waals surface area contributed by atoms with Crippen LogP contribution in [0.4, 0.5) is 4.79 Å². The molecule has 3 amide bonds. The van der Waals surface area contributed by atoms with Crippen LogP contribution in [0.5, 0.6) is 5.75 Å². The summed E-state index contributed by atoms with van der Waals surface area (Å²) >= 11 is 2.56. The van der Waals surface area contributed by atoms with Crippen molar-refractivity contribution in [1.82, 2.24) is 35.7 Å². The molecule has 2 aliphatic heterocycles. The number of tetrazole rings is 1. The van der Waals surface area contributed by atoms with Gasteiger partial charge < -0.3 is 30.3 Å². The van der Waals surface area contributed by atoms with Gasteiger partial charge in [-0.05, 0) is 54.5 Å². The number of phenolic OH excluding ortho intramolecular Hbond substituents is 1. The SMILES string of the molecule is COCc1cc(C(NC(=O)OC(C)(C)C)C(=O)NC2C(=O)N3C(C(=O)O)=C(CSc4nnnn4C)CSC23)ccc1O. The molecule has 1 saturated heterocycles. The number of benzene rings is 1. The number of aromatic nitrogens is 4. The number of ether oxygens (including phenoxy) is 2. The molecule has 4 N–H and O–H groups in total. The Morgan fingerprint density at radius 2 is 2.02 bits per heavy atom. The lowest BCUT2D eigenvalue weighted by molar-refractivity contribution is -0.151. The van der Waals surface area contributed by atoms with Crippen LogP contribution in [0.1, 0.15) is 37.9 Å². The number of hydrogen-bond donors (Lipinski definition) is 4. The summed E-state index contributed by atoms with van der Waals surface area (Å²) in [6.07, 6.45) is -0.867. The Hall–Kier alpha value is -3.83. The molecule has 4 rings (SSSR count). The number of nitrogens with zero attached hydrogens (tertiary/aromatic N) is 5. The van der Waals surface area contributed by atoms with E-state index in [1.807, 2.05) is 0 Å². The van der Waals surface area contributed by atoms with Crippen molar-refractivity contribution < 1.29 is 38.9 Å². The Kier molecular flexibility index (Phi) is 9.32. The van der Waals surface area contributed by atoms with Crippen LogP contribution in [0.25, 0.3) is 0 Å². The van der Waals surface area contributed by atoms with Gasteiger partial charge in [0, 0.05) is 31.2 Å². The third kappa shape index (κ3) is 6.79. The first-order valence-electron chi connectivity index (χ1n) is 12.7. The minimum atomic E-state index is -1.30. The fourth-order valence-electron chi connectivity index (χ4n) is 4.31. The average molecular weight is 622 g/mol. The van der Waals surface area contributed by atoms with Crippen LogP contribution in [0.3, 0.4) is 0 Å². The van der Waals surface area contributed by atoms with Crippen LogP contribution in [-0.4, -0.2) is 94.8 Å². The van der Waals surface area contributed by atoms with Gasteiger partial charge in [-0.15, -0.1) is 16.9 Å². The van der Waals surface area contributed by atoms with Crippen LogP contribution in [0.15, 0.2) is 34.6 Å². The van der Waals surface area contributed by atoms with Gasteiger partial charge in [0.2, 0.25) is 11.1 Å². The number of aryl methyl sites for hydroxylation is 1. The summed E-state index contributed by atoms with van der Waals surface area (Å²) in [5.74, 6) is -2.07. The number of hydrogen-bond acceptors (Lipinski definition) is 12. The molecule has 0 bridgehead atoms. The number of methoxy groups -OCH3 is 1. The molecule has 3 heterocycles. The second-order valence-corrected chi connectivity index (χ2v) is 12.5. The molecular formula is C25H31N7O8S2. The first-order chi connectivity index (χ1) is 19.8. The van der Waals surface area contributed by atoms with Crippen LogP contribution >= 0.6 is 23.5 Å². The van der Waals surface area contributed by atoms with Crippen molar-refractivity contribution in [1.29, 1.82) is 0 Å². The minimum absolute atomic E-state index is 0.0489. The zero-order chi connectivity index (χ0) is 30.8. The number of aliphatic carboxylic acids is 1. The largest absolute Gasteiger partial charge is 0.508 e. The van der Waals surface area contributed by atoms with Gasteiger partial charge in [-0.2, -0.15) is 0 Å². The summed E-state index contributed by atoms with van der Waals surface area (Å²) < 4.78 is 11.9. The molecule has 15 nitrogen and oxygen atoms in total. The van der Waals surface area contributed by atoms with E-state index in [-0.39, 0.29) is 23.8 Å². The number of nitrogens with one attached hydrogen (secondary N) is 2. The van der Waals surface area contributed by atoms with Gasteiger partial charge in [-0.1, -0.05) is 17.8 Å². The molecule has 2 aromatic rings. The van der Waals surface area contributed by atoms with E-state index in [1.165, 1.54) is 58.4 Å². The second-order valence-electron chi connectivity index (χ2n) is 10.4. The Morgan fingerprint density at radius 3 is 2.64 bits per heavy atom. The van der Waals surface area contributed by atoms with Crippen LogP contribution in [-0.2, 0) is 37.5 Å². The van der Waals surface area contributed by atoms with E-state index in [0.29, 0.717) is 27.6 Å². The highest BCUT2D eigenvalue weighted by Gasteiger charge is 2.54. The van der Waals surface area contributed by atoms with E-state index in [9.17, 15) is 29.4 Å². The first-order valence-corrected chi connectivity index (χ1v) is 14.7. The van der Waals surface area contributed by atoms with Crippen molar-refractivity contribution in [2.45, 2.75) is 55.6 Å². The summed E-state index contributed by atoms with van der Waals surface area (Å²) in [6, 6.07) is 2.00. The number of alkyl carbamates (subject to hydrolysis) is 1. The molecule has 3 unspecified atom stereocenters. The molecule has 42 heavy (non-hydrogen) atoms. The summed E-state index contributed by atoms with van der Waals surface area (Å²) in [6.45, 7) is 5.06. The maximum absolute atomic E-state index is 13.6. The Balaban J connectivity index is 1.54. The van der Waals surface area contributed by atoms with Crippen molar-refractivity contribution in [3.8, 4) is 5.75 Å². The molecule has 3 atom stereocenters. The molecule has 226 valence electrons. The first kappa shape index (κ1) is 31.1. The van der Waals surface area contributed by atoms with Gasteiger partial charge in [-0.3, -0.25) is 14.5 Å². The number of rotatable bonds is 10. The van der Waals surface area contributed by atoms with Gasteiger partial charge in [0.15, 0.2) is 0 Å². The van der Waals surface area contributed by atoms with Crippen molar-refractivity contribution in [3.63, 3.8) is 0 Å². The number of carboxylic acids is 1. The lowest BCUT2D eigenvalue weighted by Gasteiger charge is -2.49. The van der Waals surface area contributed by atoms with Gasteiger partial charge in [0.25, 0.3) is 5.91 Å². The van der Waals surface area contributed by atoms with Crippen molar-refractivity contribution in [2.24, 2.45) is 7.05 Å². The molecule has 1 aromatic heterocycles. The molecule has 0 radical (unpaired) electrons. The second kappa shape index (κ2) is 12.6. The fraction of sp³-hybridized carbons (Fsp3) is 0.480. The zero-order valence-electron chi connectivity index (χ0n) is 23.5. The number of amides is 3. The fourth-order valence-corrected chi connectivity index (χ4v) is 6.64. The van der Waals surface area contributed by atoms with E-state index in [0.717, 1.165) is 0 Å². The van der Waals surface area contributed by atoms with Crippen LogP contribution in [0, 0.1) is 0 Å². The smallest absolute Gasteiger partial charge is 0.408 e. The third-order valence-electron chi connectivity index (χ3n) is 6.16. The molecule has 0 saturated carbocycles. The molecule has 1 aromatic carbocycles. The maximum atomic E-state index is 13.6. The molecule has 2 aliphatic rings. The molecule has 17 heteroatoms. The van der Waals surface area contributed by atoms with E-state index in [4.69, 9.17) is 9.47 Å². The Labute approximate surface area is 249 Å². The van der Waals surface area contributed by atoms with Gasteiger partial charge >= 0.3 is 12.1 Å². The number of thioether (sulfide) groups is 2. The topological polar surface area (TPSA) is 198 Å². The highest BCUT2D eigenvalue weighted by atomic mass is 32.2. The van der Waals surface area contributed by atoms with Gasteiger partial charge in [0.05, 0.1) is 6.61 Å². The number of fused-ring (bicyclic) bond motifs is 1. The van der Waals surface area contributed by atoms with Crippen molar-refractivity contribution in [2.75, 3.05) is 18.6 Å². The van der Waals surface area contributed by atoms with Crippen molar-refractivity contribution in [3.05, 3.63) is 40.6 Å². The number of carbonyl (C=O) groups is 4. The molecule has 0 aliphatic carbocycles. The number of carboxylic acid groups (broad SMARTS) is 1. The summed E-state index contributed by atoms with van der Waals surface area (Å²) in [5.41, 5.74) is 0.235. The number of phenols is 1. The Bertz CT molecular complexity index is 1420. The van der Waals surface area contributed by atoms with E-state index < -0.39 is 46.9 Å². The standard InChI is InChI=1S/C25H31N7O8S2/c1-25(2,3)40-24(38)27-16(12-6-7-15(33)13(8-12)9-39-5)19(34)26-17-20(35)32-18(22(36)37)14(10-41-21(17)32)11-42-23-28-29-30-31(23)4/h6-8,16-17,21,33H,9-11H2,1-5H3,(H,26,34)(H,27,38)(H,36,37). The number of carbonyl (C=O) groups excluding carboxylic acids is 3. The predicted molar refractivity (Wildman–Crippen MR) is 150 cm³/mol. The zero-order valence-corrected chi connectivity index (χ0v) is 25.1. The monoisotopic (exact) mass is 621 g/mol. The molecule has 1 fully saturated rings. The number of β-lactam (4-membered cyclic amide) rings is 1. The van der Waals surface area contributed by atoms with Gasteiger partial charge in [0.1, 0.15) is 34.5 Å². The Morgan fingerprint density at radius 1 is 1.29 bits per heavy atom. The normalized spacial score (nSPS) is 19.1. The van der Waals surface area contributed by atoms with E-state index in [2.05, 4.69) is 26.2 Å². The van der Waals surface area contributed by atoms with E-state index >= 15 is 0 Å². The van der Waals surface area contributed by atoms with Crippen LogP contribution < -0.4 is 10.6 Å². The molecular weight excluding hydrogens is 590 g/mol. The average Bonchev–Trinajstić information content (AvgIpc) is 3.33. The summed E-state index contributed by atoms with van der Waals surface area (Å²) in [4.78, 5) is 52.8. The summed E-state index contributed by atoms with van der Waals surface area (Å²) in [5, 5.41) is 36.3. The van der Waals surface area contributed by atoms with Crippen LogP contribution in [0.2, 0.25) is 0 Å². The minimum Gasteiger partial charge on any atom is -0.508 e. The van der Waals surface area contributed by atoms with Gasteiger partial charge in [-0.25, -0.2) is 14.3 Å². The lowest BCUT2D eigenvalue weighted by atomic mass is 10.00. The maximum Gasteiger partial charge on any atom is 0.408 e. The third-order valence-corrected chi connectivity index (χ3v) is 8.60. The lowest BCUT2D eigenvalue weighted by Crippen LogP contribution is -2.71. The highest BCUT2D eigenvalue weighted by Crippen LogP contribution is 2.41. The highest BCUT2D eigenvalue weighted by molar-refractivity contribution is 8.01. The van der Waals surface area contributed by atoms with E-state index in [1.54, 1.807) is 27.8 Å². The number of aromatic hydroxyl groups is 1. The summed E-state index contributed by atoms with van der Waals surface area (Å²) in [7, 11) is 3.11. The molecule has 0 spiro atoms. The predicted octanol–water partition coefficient (Wildman–Crippen LogP) is 1.16. The van der Waals surface area contributed by atoms with Crippen molar-refractivity contribution >= 4 is 47.4 Å². The quantitative estimate of drug-likeness (QED) is 0.218.